The van der Waals surface area contributed by atoms with E-state index in [0.717, 1.165) is 40.3 Å². The predicted molar refractivity (Wildman–Crippen MR) is 212 cm³/mol. The molecule has 9 aromatic rings. The molecule has 0 bridgehead atoms. The first-order valence-electron chi connectivity index (χ1n) is 17.5. The number of aryl methyl sites for hydroxylation is 1. The van der Waals surface area contributed by atoms with Crippen LogP contribution in [0.2, 0.25) is 0 Å². The molecule has 242 valence electrons. The SMILES string of the molecule is Cc1ccc2c(c1)c1ccccc1n2-c1ccc2c(c1)-c1cccc(-c3nc(-c4ccccc4)cc(-c4ccccc4)n3)c1C2.c1ccccc1. The zero-order valence-electron chi connectivity index (χ0n) is 28.4. The first-order chi connectivity index (χ1) is 25.2. The van der Waals surface area contributed by atoms with Gasteiger partial charge in [0, 0.05) is 33.2 Å². The molecule has 0 spiro atoms. The Hall–Kier alpha value is -6.58. The standard InChI is InChI=1S/C42H29N3.C6H6/c1-27-19-22-41-37(23-27)33-15-8-9-18-40(33)45(41)31-21-20-30-24-36-32(35(30)25-31)16-10-17-34(36)42-43-38(28-11-4-2-5-12-28)26-39(44-42)29-13-6-3-7-14-29;1-2-4-6-5-3-1/h2-23,25-26H,24H2,1H3;1-6H. The summed E-state index contributed by atoms with van der Waals surface area (Å²) in [5, 5.41) is 2.57. The number of fused-ring (bicyclic) bond motifs is 6. The van der Waals surface area contributed by atoms with Crippen LogP contribution in [0.25, 0.3) is 72.5 Å². The topological polar surface area (TPSA) is 30.7 Å². The molecule has 3 nitrogen and oxygen atoms in total. The van der Waals surface area contributed by atoms with Crippen LogP contribution in [-0.4, -0.2) is 14.5 Å². The predicted octanol–water partition coefficient (Wildman–Crippen LogP) is 12.1. The van der Waals surface area contributed by atoms with Crippen molar-refractivity contribution in [3.63, 3.8) is 0 Å². The Morgan fingerprint density at radius 2 is 1.04 bits per heavy atom. The van der Waals surface area contributed by atoms with Gasteiger partial charge in [-0.25, -0.2) is 9.97 Å². The maximum Gasteiger partial charge on any atom is 0.160 e. The molecule has 0 N–H and O–H groups in total. The lowest BCUT2D eigenvalue weighted by molar-refractivity contribution is 1.16. The van der Waals surface area contributed by atoms with E-state index in [1.54, 1.807) is 0 Å². The van der Waals surface area contributed by atoms with Crippen molar-refractivity contribution >= 4 is 21.8 Å². The third kappa shape index (κ3) is 5.69. The minimum Gasteiger partial charge on any atom is -0.309 e. The van der Waals surface area contributed by atoms with Gasteiger partial charge >= 0.3 is 0 Å². The van der Waals surface area contributed by atoms with Gasteiger partial charge in [0.25, 0.3) is 0 Å². The van der Waals surface area contributed by atoms with Crippen LogP contribution >= 0.6 is 0 Å². The van der Waals surface area contributed by atoms with E-state index >= 15 is 0 Å². The van der Waals surface area contributed by atoms with E-state index in [9.17, 15) is 0 Å². The van der Waals surface area contributed by atoms with Gasteiger partial charge in [0.1, 0.15) is 0 Å². The van der Waals surface area contributed by atoms with Crippen LogP contribution in [0, 0.1) is 6.92 Å². The Balaban J connectivity index is 0.000000529. The van der Waals surface area contributed by atoms with Crippen molar-refractivity contribution in [2.24, 2.45) is 0 Å². The molecule has 7 aromatic carbocycles. The average Bonchev–Trinajstić information content (AvgIpc) is 3.74. The maximum absolute atomic E-state index is 5.16. The zero-order valence-corrected chi connectivity index (χ0v) is 28.4. The molecular formula is C48H35N3. The second kappa shape index (κ2) is 13.0. The summed E-state index contributed by atoms with van der Waals surface area (Å²) in [4.78, 5) is 10.3. The smallest absolute Gasteiger partial charge is 0.160 e. The molecule has 1 aliphatic rings. The number of aromatic nitrogens is 3. The van der Waals surface area contributed by atoms with Gasteiger partial charge in [-0.15, -0.1) is 0 Å². The highest BCUT2D eigenvalue weighted by Gasteiger charge is 2.24. The molecule has 51 heavy (non-hydrogen) atoms. The van der Waals surface area contributed by atoms with E-state index in [1.165, 1.54) is 55.3 Å². The Morgan fingerprint density at radius 3 is 1.73 bits per heavy atom. The van der Waals surface area contributed by atoms with Gasteiger partial charge in [-0.1, -0.05) is 151 Å². The largest absolute Gasteiger partial charge is 0.309 e. The summed E-state index contributed by atoms with van der Waals surface area (Å²) in [7, 11) is 0. The van der Waals surface area contributed by atoms with Gasteiger partial charge in [-0.3, -0.25) is 0 Å². The monoisotopic (exact) mass is 653 g/mol. The van der Waals surface area contributed by atoms with Crippen LogP contribution in [0.4, 0.5) is 0 Å². The highest BCUT2D eigenvalue weighted by Crippen LogP contribution is 2.43. The van der Waals surface area contributed by atoms with Gasteiger partial charge in [-0.05, 0) is 72.0 Å². The molecule has 1 aliphatic carbocycles. The van der Waals surface area contributed by atoms with Gasteiger partial charge in [-0.2, -0.15) is 0 Å². The summed E-state index contributed by atoms with van der Waals surface area (Å²) in [6.07, 6.45) is 0.854. The summed E-state index contributed by atoms with van der Waals surface area (Å²) in [6.45, 7) is 2.16. The van der Waals surface area contributed by atoms with Crippen LogP contribution in [-0.2, 0) is 6.42 Å². The van der Waals surface area contributed by atoms with E-state index in [1.807, 2.05) is 48.5 Å². The van der Waals surface area contributed by atoms with Crippen LogP contribution in [0.3, 0.4) is 0 Å². The van der Waals surface area contributed by atoms with Crippen molar-refractivity contribution < 1.29 is 0 Å². The molecule has 0 atom stereocenters. The number of hydrogen-bond acceptors (Lipinski definition) is 2. The molecule has 2 aromatic heterocycles. The van der Waals surface area contributed by atoms with Gasteiger partial charge in [0.2, 0.25) is 0 Å². The fourth-order valence-corrected chi connectivity index (χ4v) is 7.37. The van der Waals surface area contributed by atoms with Crippen molar-refractivity contribution in [2.75, 3.05) is 0 Å². The summed E-state index contributed by atoms with van der Waals surface area (Å²) in [5.74, 6) is 0.762. The lowest BCUT2D eigenvalue weighted by Gasteiger charge is -2.12. The van der Waals surface area contributed by atoms with E-state index < -0.39 is 0 Å². The fourth-order valence-electron chi connectivity index (χ4n) is 7.37. The Morgan fingerprint density at radius 1 is 0.451 bits per heavy atom. The molecular weight excluding hydrogens is 619 g/mol. The summed E-state index contributed by atoms with van der Waals surface area (Å²) in [5.41, 5.74) is 15.2. The normalized spacial score (nSPS) is 11.5. The second-order valence-corrected chi connectivity index (χ2v) is 13.1. The quantitative estimate of drug-likeness (QED) is 0.189. The maximum atomic E-state index is 5.16. The molecule has 0 saturated carbocycles. The molecule has 0 radical (unpaired) electrons. The van der Waals surface area contributed by atoms with Gasteiger partial charge < -0.3 is 4.57 Å². The lowest BCUT2D eigenvalue weighted by Crippen LogP contribution is -1.98. The fraction of sp³-hybridized carbons (Fsp3) is 0.0417. The number of rotatable bonds is 4. The molecule has 10 rings (SSSR count). The van der Waals surface area contributed by atoms with Crippen molar-refractivity contribution in [1.82, 2.24) is 14.5 Å². The summed E-state index contributed by atoms with van der Waals surface area (Å²) < 4.78 is 2.41. The van der Waals surface area contributed by atoms with Crippen molar-refractivity contribution in [3.8, 4) is 50.7 Å². The number of hydrogen-bond donors (Lipinski definition) is 0. The summed E-state index contributed by atoms with van der Waals surface area (Å²) in [6, 6.07) is 63.9. The molecule has 0 saturated heterocycles. The van der Waals surface area contributed by atoms with E-state index in [4.69, 9.17) is 9.97 Å². The lowest BCUT2D eigenvalue weighted by atomic mass is 10.00. The number of para-hydroxylation sites is 1. The number of benzene rings is 7. The van der Waals surface area contributed by atoms with Crippen LogP contribution in [0.5, 0.6) is 0 Å². The number of nitrogens with zero attached hydrogens (tertiary/aromatic N) is 3. The highest BCUT2D eigenvalue weighted by atomic mass is 15.0. The van der Waals surface area contributed by atoms with Crippen LogP contribution in [0.1, 0.15) is 16.7 Å². The van der Waals surface area contributed by atoms with Crippen molar-refractivity contribution in [2.45, 2.75) is 13.3 Å². The zero-order chi connectivity index (χ0) is 34.1. The molecule has 0 fully saturated rings. The molecule has 0 amide bonds. The van der Waals surface area contributed by atoms with Gasteiger partial charge in [0.05, 0.1) is 22.4 Å². The van der Waals surface area contributed by atoms with Gasteiger partial charge in [0.15, 0.2) is 5.82 Å². The van der Waals surface area contributed by atoms with E-state index in [2.05, 4.69) is 145 Å². The van der Waals surface area contributed by atoms with E-state index in [0.29, 0.717) is 0 Å². The summed E-state index contributed by atoms with van der Waals surface area (Å²) >= 11 is 0. The minimum atomic E-state index is 0.762. The molecule has 0 unspecified atom stereocenters. The molecule has 3 heteroatoms. The first-order valence-corrected chi connectivity index (χ1v) is 17.5. The Kier molecular flexibility index (Phi) is 7.79. The molecule has 0 aliphatic heterocycles. The first kappa shape index (κ1) is 30.5. The third-order valence-corrected chi connectivity index (χ3v) is 9.79. The second-order valence-electron chi connectivity index (χ2n) is 13.1. The Bertz CT molecular complexity index is 2570. The average molecular weight is 654 g/mol. The van der Waals surface area contributed by atoms with Crippen LogP contribution < -0.4 is 0 Å². The van der Waals surface area contributed by atoms with Crippen molar-refractivity contribution in [1.29, 1.82) is 0 Å². The van der Waals surface area contributed by atoms with E-state index in [-0.39, 0.29) is 0 Å². The third-order valence-electron chi connectivity index (χ3n) is 9.79. The van der Waals surface area contributed by atoms with Crippen LogP contribution in [0.15, 0.2) is 182 Å². The minimum absolute atomic E-state index is 0.762. The van der Waals surface area contributed by atoms with Crippen molar-refractivity contribution in [3.05, 3.63) is 199 Å². The Labute approximate surface area is 298 Å². The molecule has 2 heterocycles. The highest BCUT2D eigenvalue weighted by molar-refractivity contribution is 6.09.